The fraction of sp³-hybridized carbons (Fsp3) is 0.538. The Hall–Kier alpha value is -1.95. The molecule has 5 nitrogen and oxygen atoms in total. The molecule has 0 aromatic heterocycles. The topological polar surface area (TPSA) is 76.0 Å². The van der Waals surface area contributed by atoms with Crippen LogP contribution >= 0.6 is 7.60 Å². The van der Waals surface area contributed by atoms with Crippen molar-refractivity contribution in [2.75, 3.05) is 13.7 Å². The van der Waals surface area contributed by atoms with Gasteiger partial charge in [0.05, 0.1) is 13.7 Å². The van der Waals surface area contributed by atoms with E-state index >= 15 is 4.39 Å². The molecule has 186 valence electrons. The Bertz CT molecular complexity index is 1040. The third-order valence-electron chi connectivity index (χ3n) is 7.42. The van der Waals surface area contributed by atoms with Gasteiger partial charge < -0.3 is 19.3 Å². The lowest BCUT2D eigenvalue weighted by Crippen LogP contribution is -2.29. The van der Waals surface area contributed by atoms with Crippen molar-refractivity contribution in [3.8, 4) is 11.5 Å². The fourth-order valence-electron chi connectivity index (χ4n) is 5.23. The number of hydrogen-bond acceptors (Lipinski definition) is 3. The average molecular weight is 495 g/mol. The molecule has 2 aromatic rings. The Morgan fingerprint density at radius 1 is 1.06 bits per heavy atom. The van der Waals surface area contributed by atoms with Crippen LogP contribution in [0.3, 0.4) is 0 Å². The quantitative estimate of drug-likeness (QED) is 0.387. The molecule has 0 radical (unpaired) electrons. The summed E-state index contributed by atoms with van der Waals surface area (Å²) in [6.45, 7) is 1.50. The van der Waals surface area contributed by atoms with E-state index < -0.39 is 18.9 Å². The maximum atomic E-state index is 15.3. The van der Waals surface area contributed by atoms with Crippen LogP contribution in [0.1, 0.15) is 68.4 Å². The first kappa shape index (κ1) is 25.2. The fourth-order valence-corrected chi connectivity index (χ4v) is 5.95. The summed E-state index contributed by atoms with van der Waals surface area (Å²) in [6, 6.07) is 11.8. The minimum absolute atomic E-state index is 0.0786. The Balaban J connectivity index is 1.37. The molecule has 0 unspecified atom stereocenters. The minimum Gasteiger partial charge on any atom is -0.497 e. The SMILES string of the molecule is COc1ccc(F)c(C2CCC(COc3cccc([C@H](C4CC4)[C@@](C)(F)P(=O)(O)O)c3)CC2)c1. The van der Waals surface area contributed by atoms with Gasteiger partial charge >= 0.3 is 7.60 Å². The minimum atomic E-state index is -4.94. The molecule has 8 heteroatoms. The van der Waals surface area contributed by atoms with Crippen LogP contribution in [0.4, 0.5) is 8.78 Å². The second-order valence-electron chi connectivity index (χ2n) is 9.87. The summed E-state index contributed by atoms with van der Waals surface area (Å²) in [5, 5.41) is -2.62. The van der Waals surface area contributed by atoms with Crippen molar-refractivity contribution in [3.63, 3.8) is 0 Å². The summed E-state index contributed by atoms with van der Waals surface area (Å²) in [7, 11) is -3.36. The normalized spacial score (nSPS) is 23.7. The molecular formula is C26H33F2O5P. The first-order chi connectivity index (χ1) is 16.1. The Morgan fingerprint density at radius 3 is 2.38 bits per heavy atom. The van der Waals surface area contributed by atoms with Gasteiger partial charge in [0.25, 0.3) is 0 Å². The highest BCUT2D eigenvalue weighted by atomic mass is 31.2. The van der Waals surface area contributed by atoms with Gasteiger partial charge in [-0.2, -0.15) is 0 Å². The van der Waals surface area contributed by atoms with Gasteiger partial charge in [-0.3, -0.25) is 4.57 Å². The van der Waals surface area contributed by atoms with Crippen molar-refractivity contribution in [1.29, 1.82) is 0 Å². The van der Waals surface area contributed by atoms with Crippen LogP contribution in [0.5, 0.6) is 11.5 Å². The van der Waals surface area contributed by atoms with E-state index in [1.807, 2.05) is 0 Å². The molecule has 0 amide bonds. The lowest BCUT2D eigenvalue weighted by molar-refractivity contribution is 0.174. The highest BCUT2D eigenvalue weighted by Crippen LogP contribution is 2.63. The summed E-state index contributed by atoms with van der Waals surface area (Å²) < 4.78 is 52.7. The molecule has 34 heavy (non-hydrogen) atoms. The zero-order valence-corrected chi connectivity index (χ0v) is 20.5. The number of alkyl halides is 1. The van der Waals surface area contributed by atoms with Crippen LogP contribution in [0.15, 0.2) is 42.5 Å². The molecule has 0 aliphatic heterocycles. The first-order valence-electron chi connectivity index (χ1n) is 11.9. The third-order valence-corrected chi connectivity index (χ3v) is 8.84. The van der Waals surface area contributed by atoms with E-state index in [1.165, 1.54) is 6.07 Å². The van der Waals surface area contributed by atoms with E-state index in [4.69, 9.17) is 9.47 Å². The molecule has 2 aromatic carbocycles. The molecule has 2 saturated carbocycles. The van der Waals surface area contributed by atoms with E-state index in [0.717, 1.165) is 45.4 Å². The summed E-state index contributed by atoms with van der Waals surface area (Å²) in [5.41, 5.74) is 1.27. The summed E-state index contributed by atoms with van der Waals surface area (Å²) >= 11 is 0. The van der Waals surface area contributed by atoms with Crippen molar-refractivity contribution in [3.05, 3.63) is 59.4 Å². The highest BCUT2D eigenvalue weighted by Gasteiger charge is 2.55. The van der Waals surface area contributed by atoms with Gasteiger partial charge in [0.15, 0.2) is 0 Å². The molecule has 4 rings (SSSR count). The molecule has 2 fully saturated rings. The monoisotopic (exact) mass is 494 g/mol. The van der Waals surface area contributed by atoms with E-state index in [1.54, 1.807) is 43.5 Å². The lowest BCUT2D eigenvalue weighted by Gasteiger charge is -2.32. The molecule has 0 heterocycles. The van der Waals surface area contributed by atoms with Gasteiger partial charge in [-0.25, -0.2) is 8.78 Å². The van der Waals surface area contributed by atoms with Crippen LogP contribution < -0.4 is 9.47 Å². The van der Waals surface area contributed by atoms with E-state index in [0.29, 0.717) is 35.2 Å². The molecule has 0 bridgehead atoms. The number of methoxy groups -OCH3 is 1. The van der Waals surface area contributed by atoms with Crippen LogP contribution in [0.25, 0.3) is 0 Å². The van der Waals surface area contributed by atoms with Crippen LogP contribution in [0, 0.1) is 17.7 Å². The molecule has 2 aliphatic carbocycles. The van der Waals surface area contributed by atoms with Crippen molar-refractivity contribution in [1.82, 2.24) is 0 Å². The van der Waals surface area contributed by atoms with Gasteiger partial charge in [0, 0.05) is 5.92 Å². The molecular weight excluding hydrogens is 461 g/mol. The van der Waals surface area contributed by atoms with Gasteiger partial charge in [-0.05, 0) is 105 Å². The molecule has 0 saturated heterocycles. The standard InChI is InChI=1S/C26H33F2O5P/c1-26(28,34(29,30)31)25(19-10-11-19)20-4-3-5-22(14-20)33-16-17-6-8-18(9-7-17)23-15-21(32-2)12-13-24(23)27/h3-5,12-15,17-19,25H,6-11,16H2,1-2H3,(H2,29,30,31)/t17?,18?,25-,26-/m0/s1. The maximum absolute atomic E-state index is 15.3. The smallest absolute Gasteiger partial charge is 0.362 e. The van der Waals surface area contributed by atoms with Crippen molar-refractivity contribution in [2.45, 2.75) is 62.7 Å². The van der Waals surface area contributed by atoms with Gasteiger partial charge in [0.1, 0.15) is 17.3 Å². The van der Waals surface area contributed by atoms with Crippen molar-refractivity contribution < 1.29 is 32.6 Å². The van der Waals surface area contributed by atoms with E-state index in [2.05, 4.69) is 0 Å². The molecule has 2 N–H and O–H groups in total. The summed E-state index contributed by atoms with van der Waals surface area (Å²) in [4.78, 5) is 19.2. The Kier molecular flexibility index (Phi) is 7.37. The second-order valence-corrected chi connectivity index (χ2v) is 11.8. The maximum Gasteiger partial charge on any atom is 0.362 e. The Labute approximate surface area is 199 Å². The van der Waals surface area contributed by atoms with Crippen LogP contribution in [0.2, 0.25) is 0 Å². The second kappa shape index (κ2) is 9.96. The summed E-state index contributed by atoms with van der Waals surface area (Å²) in [5.74, 6) is 0.575. The lowest BCUT2D eigenvalue weighted by atomic mass is 9.79. The van der Waals surface area contributed by atoms with Crippen LogP contribution in [-0.2, 0) is 4.57 Å². The number of halogens is 2. The Morgan fingerprint density at radius 2 is 1.76 bits per heavy atom. The highest BCUT2D eigenvalue weighted by molar-refractivity contribution is 7.53. The summed E-state index contributed by atoms with van der Waals surface area (Å²) in [6.07, 6.45) is 5.06. The van der Waals surface area contributed by atoms with E-state index in [-0.39, 0.29) is 17.7 Å². The third kappa shape index (κ3) is 5.48. The number of benzene rings is 2. The van der Waals surface area contributed by atoms with Gasteiger partial charge in [-0.1, -0.05) is 12.1 Å². The molecule has 2 aliphatic rings. The largest absolute Gasteiger partial charge is 0.497 e. The zero-order valence-electron chi connectivity index (χ0n) is 19.6. The average Bonchev–Trinajstić information content (AvgIpc) is 3.63. The number of hydrogen-bond donors (Lipinski definition) is 2. The van der Waals surface area contributed by atoms with E-state index in [9.17, 15) is 18.7 Å². The first-order valence-corrected chi connectivity index (χ1v) is 13.5. The number of ether oxygens (including phenoxy) is 2. The van der Waals surface area contributed by atoms with Gasteiger partial charge in [0.2, 0.25) is 5.41 Å². The van der Waals surface area contributed by atoms with Crippen molar-refractivity contribution >= 4 is 7.60 Å². The zero-order chi connectivity index (χ0) is 24.5. The number of rotatable bonds is 9. The molecule has 2 atom stereocenters. The molecule has 0 spiro atoms. The van der Waals surface area contributed by atoms with Gasteiger partial charge in [-0.15, -0.1) is 0 Å². The van der Waals surface area contributed by atoms with Crippen molar-refractivity contribution in [2.24, 2.45) is 11.8 Å². The van der Waals surface area contributed by atoms with Crippen LogP contribution in [-0.4, -0.2) is 28.9 Å². The predicted octanol–water partition coefficient (Wildman–Crippen LogP) is 6.54. The predicted molar refractivity (Wildman–Crippen MR) is 127 cm³/mol.